The smallest absolute Gasteiger partial charge is 0.160 e. The van der Waals surface area contributed by atoms with E-state index in [-0.39, 0.29) is 0 Å². The molecule has 4 rings (SSSR count). The van der Waals surface area contributed by atoms with Crippen LogP contribution in [0.25, 0.3) is 11.2 Å². The Labute approximate surface area is 129 Å². The largest absolute Gasteiger partial charge is 0.381 e. The molecular formula is C16H21N3OS. The van der Waals surface area contributed by atoms with E-state index in [0.717, 1.165) is 48.9 Å². The van der Waals surface area contributed by atoms with Gasteiger partial charge in [0.1, 0.15) is 11.3 Å². The summed E-state index contributed by atoms with van der Waals surface area (Å²) in [6.45, 7) is 1.71. The topological polar surface area (TPSA) is 39.9 Å². The first-order valence-corrected chi connectivity index (χ1v) is 8.98. The monoisotopic (exact) mass is 303 g/mol. The molecule has 1 unspecified atom stereocenters. The number of aromatic nitrogens is 3. The van der Waals surface area contributed by atoms with Crippen molar-refractivity contribution in [2.45, 2.75) is 43.4 Å². The zero-order valence-corrected chi connectivity index (χ0v) is 13.0. The van der Waals surface area contributed by atoms with Crippen molar-refractivity contribution >= 4 is 22.9 Å². The van der Waals surface area contributed by atoms with Crippen LogP contribution in [0, 0.1) is 0 Å². The summed E-state index contributed by atoms with van der Waals surface area (Å²) in [5.74, 6) is 2.54. The maximum absolute atomic E-state index is 5.52. The Hall–Kier alpha value is -1.07. The molecule has 2 aliphatic heterocycles. The first-order chi connectivity index (χ1) is 10.4. The van der Waals surface area contributed by atoms with E-state index in [4.69, 9.17) is 9.72 Å². The van der Waals surface area contributed by atoms with Gasteiger partial charge in [0.05, 0.1) is 0 Å². The molecule has 2 saturated heterocycles. The minimum Gasteiger partial charge on any atom is -0.381 e. The fourth-order valence-corrected chi connectivity index (χ4v) is 4.72. The summed E-state index contributed by atoms with van der Waals surface area (Å²) in [6, 6.07) is 4.57. The third-order valence-corrected chi connectivity index (χ3v) is 5.91. The molecule has 2 aromatic rings. The SMILES string of the molecule is c1cnc2c(c1)nc(CC1CCCS1)n2C1CCOCC1. The Kier molecular flexibility index (Phi) is 3.86. The van der Waals surface area contributed by atoms with Crippen LogP contribution < -0.4 is 0 Å². The van der Waals surface area contributed by atoms with Gasteiger partial charge in [-0.05, 0) is 43.6 Å². The van der Waals surface area contributed by atoms with E-state index in [9.17, 15) is 0 Å². The fourth-order valence-electron chi connectivity index (χ4n) is 3.46. The summed E-state index contributed by atoms with van der Waals surface area (Å²) in [6.07, 6.45) is 7.80. The second kappa shape index (κ2) is 5.97. The van der Waals surface area contributed by atoms with Crippen LogP contribution in [0.4, 0.5) is 0 Å². The summed E-state index contributed by atoms with van der Waals surface area (Å²) < 4.78 is 7.94. The minimum absolute atomic E-state index is 0.500. The lowest BCUT2D eigenvalue weighted by molar-refractivity contribution is 0.0697. The third-order valence-electron chi connectivity index (χ3n) is 4.51. The van der Waals surface area contributed by atoms with Crippen LogP contribution in [-0.4, -0.2) is 38.8 Å². The first kappa shape index (κ1) is 13.6. The molecule has 2 fully saturated rings. The van der Waals surface area contributed by atoms with Crippen molar-refractivity contribution in [1.29, 1.82) is 0 Å². The highest BCUT2D eigenvalue weighted by molar-refractivity contribution is 8.00. The molecule has 1 atom stereocenters. The Balaban J connectivity index is 1.72. The molecule has 4 nitrogen and oxygen atoms in total. The van der Waals surface area contributed by atoms with Crippen LogP contribution >= 0.6 is 11.8 Å². The Morgan fingerprint density at radius 1 is 1.29 bits per heavy atom. The van der Waals surface area contributed by atoms with Gasteiger partial charge in [0.2, 0.25) is 0 Å². The third kappa shape index (κ3) is 2.69. The molecule has 0 saturated carbocycles. The predicted octanol–water partition coefficient (Wildman–Crippen LogP) is 3.22. The maximum atomic E-state index is 5.52. The van der Waals surface area contributed by atoms with Gasteiger partial charge >= 0.3 is 0 Å². The number of thioether (sulfide) groups is 1. The van der Waals surface area contributed by atoms with Crippen LogP contribution in [0.2, 0.25) is 0 Å². The number of imidazole rings is 1. The maximum Gasteiger partial charge on any atom is 0.160 e. The fraction of sp³-hybridized carbons (Fsp3) is 0.625. The van der Waals surface area contributed by atoms with E-state index < -0.39 is 0 Å². The van der Waals surface area contributed by atoms with E-state index in [1.54, 1.807) is 0 Å². The van der Waals surface area contributed by atoms with E-state index in [1.165, 1.54) is 24.4 Å². The van der Waals surface area contributed by atoms with Crippen molar-refractivity contribution in [1.82, 2.24) is 14.5 Å². The molecule has 21 heavy (non-hydrogen) atoms. The van der Waals surface area contributed by atoms with Gasteiger partial charge in [0, 0.05) is 37.1 Å². The minimum atomic E-state index is 0.500. The Morgan fingerprint density at radius 2 is 2.19 bits per heavy atom. The van der Waals surface area contributed by atoms with E-state index in [1.807, 2.05) is 12.3 Å². The van der Waals surface area contributed by atoms with Crippen LogP contribution in [0.1, 0.15) is 37.5 Å². The Morgan fingerprint density at radius 3 is 3.00 bits per heavy atom. The molecule has 0 amide bonds. The number of fused-ring (bicyclic) bond motifs is 1. The average molecular weight is 303 g/mol. The molecule has 0 spiro atoms. The van der Waals surface area contributed by atoms with Crippen LogP contribution in [0.3, 0.4) is 0 Å². The number of nitrogens with zero attached hydrogens (tertiary/aromatic N) is 3. The zero-order chi connectivity index (χ0) is 14.1. The molecule has 2 aliphatic rings. The van der Waals surface area contributed by atoms with Crippen molar-refractivity contribution in [2.75, 3.05) is 19.0 Å². The summed E-state index contributed by atoms with van der Waals surface area (Å²) >= 11 is 2.10. The number of pyridine rings is 1. The van der Waals surface area contributed by atoms with E-state index in [0.29, 0.717) is 6.04 Å². The lowest BCUT2D eigenvalue weighted by Gasteiger charge is -2.25. The zero-order valence-electron chi connectivity index (χ0n) is 12.2. The van der Waals surface area contributed by atoms with Crippen molar-refractivity contribution in [3.63, 3.8) is 0 Å². The lowest BCUT2D eigenvalue weighted by Crippen LogP contribution is -2.22. The number of hydrogen-bond acceptors (Lipinski definition) is 4. The van der Waals surface area contributed by atoms with Crippen LogP contribution in [0.15, 0.2) is 18.3 Å². The van der Waals surface area contributed by atoms with Gasteiger partial charge in [-0.3, -0.25) is 0 Å². The van der Waals surface area contributed by atoms with Gasteiger partial charge < -0.3 is 9.30 Å². The first-order valence-electron chi connectivity index (χ1n) is 7.93. The molecular weight excluding hydrogens is 282 g/mol. The predicted molar refractivity (Wildman–Crippen MR) is 85.8 cm³/mol. The Bertz CT molecular complexity index is 615. The number of hydrogen-bond donors (Lipinski definition) is 0. The van der Waals surface area contributed by atoms with Crippen molar-refractivity contribution < 1.29 is 4.74 Å². The molecule has 112 valence electrons. The summed E-state index contributed by atoms with van der Waals surface area (Å²) in [4.78, 5) is 9.50. The molecule has 2 aromatic heterocycles. The van der Waals surface area contributed by atoms with Crippen LogP contribution in [-0.2, 0) is 11.2 Å². The lowest BCUT2D eigenvalue weighted by atomic mass is 10.1. The highest BCUT2D eigenvalue weighted by atomic mass is 32.2. The number of ether oxygens (including phenoxy) is 1. The van der Waals surface area contributed by atoms with Crippen molar-refractivity contribution in [3.05, 3.63) is 24.2 Å². The average Bonchev–Trinajstić information content (AvgIpc) is 3.15. The molecule has 0 radical (unpaired) electrons. The second-order valence-electron chi connectivity index (χ2n) is 5.93. The standard InChI is InChI=1S/C16H21N3OS/c1-4-14-16(17-7-1)19(12-5-8-20-9-6-12)15(18-14)11-13-3-2-10-21-13/h1,4,7,12-13H,2-3,5-6,8-11H2. The van der Waals surface area contributed by atoms with Gasteiger partial charge in [-0.2, -0.15) is 11.8 Å². The molecule has 0 N–H and O–H groups in total. The van der Waals surface area contributed by atoms with Crippen molar-refractivity contribution in [2.24, 2.45) is 0 Å². The van der Waals surface area contributed by atoms with Crippen LogP contribution in [0.5, 0.6) is 0 Å². The normalized spacial score (nSPS) is 23.9. The molecule has 0 aromatic carbocycles. The number of rotatable bonds is 3. The molecule has 0 aliphatic carbocycles. The van der Waals surface area contributed by atoms with E-state index >= 15 is 0 Å². The quantitative estimate of drug-likeness (QED) is 0.873. The van der Waals surface area contributed by atoms with Gasteiger partial charge in [-0.25, -0.2) is 9.97 Å². The summed E-state index contributed by atoms with van der Waals surface area (Å²) in [7, 11) is 0. The molecule has 4 heterocycles. The van der Waals surface area contributed by atoms with E-state index in [2.05, 4.69) is 27.4 Å². The highest BCUT2D eigenvalue weighted by Gasteiger charge is 2.25. The van der Waals surface area contributed by atoms with Gasteiger partial charge in [-0.1, -0.05) is 0 Å². The molecule has 0 bridgehead atoms. The van der Waals surface area contributed by atoms with Crippen molar-refractivity contribution in [3.8, 4) is 0 Å². The van der Waals surface area contributed by atoms with Gasteiger partial charge in [0.15, 0.2) is 5.65 Å². The summed E-state index contributed by atoms with van der Waals surface area (Å²) in [5.41, 5.74) is 2.10. The highest BCUT2D eigenvalue weighted by Crippen LogP contribution is 2.32. The van der Waals surface area contributed by atoms with Gasteiger partial charge in [0.25, 0.3) is 0 Å². The van der Waals surface area contributed by atoms with Gasteiger partial charge in [-0.15, -0.1) is 0 Å². The summed E-state index contributed by atoms with van der Waals surface area (Å²) in [5, 5.41) is 0.736. The second-order valence-corrected chi connectivity index (χ2v) is 7.34. The molecule has 5 heteroatoms.